The molecule has 0 unspecified atom stereocenters. The SMILES string of the molecule is BrCCCN(c1ccccc1)c1ccccc1. The molecule has 0 aliphatic carbocycles. The topological polar surface area (TPSA) is 3.24 Å². The van der Waals surface area contributed by atoms with Crippen LogP contribution in [0.15, 0.2) is 60.7 Å². The van der Waals surface area contributed by atoms with E-state index in [-0.39, 0.29) is 0 Å². The van der Waals surface area contributed by atoms with Crippen LogP contribution in [0.25, 0.3) is 0 Å². The molecule has 0 aromatic heterocycles. The van der Waals surface area contributed by atoms with Gasteiger partial charge >= 0.3 is 0 Å². The van der Waals surface area contributed by atoms with Crippen LogP contribution in [0.4, 0.5) is 11.4 Å². The Hall–Kier alpha value is -1.28. The molecule has 2 aromatic carbocycles. The number of anilines is 2. The van der Waals surface area contributed by atoms with Crippen molar-refractivity contribution in [3.05, 3.63) is 60.7 Å². The van der Waals surface area contributed by atoms with E-state index in [0.29, 0.717) is 0 Å². The van der Waals surface area contributed by atoms with Crippen LogP contribution in [-0.4, -0.2) is 11.9 Å². The third-order valence-corrected chi connectivity index (χ3v) is 3.21. The van der Waals surface area contributed by atoms with Gasteiger partial charge < -0.3 is 4.90 Å². The molecule has 1 nitrogen and oxygen atoms in total. The monoisotopic (exact) mass is 289 g/mol. The molecule has 2 aromatic rings. The number of halogens is 1. The van der Waals surface area contributed by atoms with E-state index in [1.54, 1.807) is 0 Å². The Morgan fingerprint density at radius 2 is 1.24 bits per heavy atom. The molecule has 2 rings (SSSR count). The first-order valence-corrected chi connectivity index (χ1v) is 6.97. The van der Waals surface area contributed by atoms with Gasteiger partial charge in [-0.05, 0) is 30.7 Å². The molecule has 0 spiro atoms. The number of hydrogen-bond donors (Lipinski definition) is 0. The fourth-order valence-corrected chi connectivity index (χ4v) is 2.09. The largest absolute Gasteiger partial charge is 0.341 e. The Balaban J connectivity index is 2.26. The van der Waals surface area contributed by atoms with Crippen LogP contribution in [0.1, 0.15) is 6.42 Å². The van der Waals surface area contributed by atoms with Crippen LogP contribution in [-0.2, 0) is 0 Å². The lowest BCUT2D eigenvalue weighted by Crippen LogP contribution is -2.18. The van der Waals surface area contributed by atoms with E-state index in [1.165, 1.54) is 11.4 Å². The summed E-state index contributed by atoms with van der Waals surface area (Å²) in [6.07, 6.45) is 1.13. The Kier molecular flexibility index (Phi) is 4.63. The van der Waals surface area contributed by atoms with Crippen molar-refractivity contribution in [1.29, 1.82) is 0 Å². The summed E-state index contributed by atoms with van der Waals surface area (Å²) in [4.78, 5) is 2.35. The van der Waals surface area contributed by atoms with Crippen LogP contribution < -0.4 is 4.90 Å². The fraction of sp³-hybridized carbons (Fsp3) is 0.200. The Labute approximate surface area is 111 Å². The molecule has 0 radical (unpaired) electrons. The summed E-state index contributed by atoms with van der Waals surface area (Å²) in [5.74, 6) is 0. The van der Waals surface area contributed by atoms with Crippen molar-refractivity contribution in [2.45, 2.75) is 6.42 Å². The first kappa shape index (κ1) is 12.2. The van der Waals surface area contributed by atoms with Gasteiger partial charge in [-0.2, -0.15) is 0 Å². The van der Waals surface area contributed by atoms with E-state index in [9.17, 15) is 0 Å². The maximum atomic E-state index is 3.50. The smallest absolute Gasteiger partial charge is 0.0410 e. The van der Waals surface area contributed by atoms with Gasteiger partial charge in [0.05, 0.1) is 0 Å². The van der Waals surface area contributed by atoms with Crippen molar-refractivity contribution in [3.8, 4) is 0 Å². The minimum absolute atomic E-state index is 1.03. The third kappa shape index (κ3) is 3.34. The summed E-state index contributed by atoms with van der Waals surface area (Å²) < 4.78 is 0. The third-order valence-electron chi connectivity index (χ3n) is 2.65. The molecule has 88 valence electrons. The van der Waals surface area contributed by atoms with Crippen molar-refractivity contribution >= 4 is 27.3 Å². The highest BCUT2D eigenvalue weighted by Gasteiger charge is 2.07. The minimum Gasteiger partial charge on any atom is -0.341 e. The number of rotatable bonds is 5. The minimum atomic E-state index is 1.03. The summed E-state index contributed by atoms with van der Waals surface area (Å²) in [5.41, 5.74) is 2.50. The highest BCUT2D eigenvalue weighted by molar-refractivity contribution is 9.09. The van der Waals surface area contributed by atoms with Crippen molar-refractivity contribution in [1.82, 2.24) is 0 Å². The summed E-state index contributed by atoms with van der Waals surface area (Å²) in [6, 6.07) is 21.1. The number of nitrogens with zero attached hydrogens (tertiary/aromatic N) is 1. The highest BCUT2D eigenvalue weighted by atomic mass is 79.9. The Bertz CT molecular complexity index is 388. The standard InChI is InChI=1S/C15H16BrN/c16-12-7-13-17(14-8-3-1-4-9-14)15-10-5-2-6-11-15/h1-6,8-11H,7,12-13H2. The molecule has 0 fully saturated rings. The zero-order chi connectivity index (χ0) is 11.9. The second kappa shape index (κ2) is 6.45. The first-order chi connectivity index (χ1) is 8.42. The summed E-state index contributed by atoms with van der Waals surface area (Å²) in [7, 11) is 0. The molecule has 17 heavy (non-hydrogen) atoms. The van der Waals surface area contributed by atoms with E-state index >= 15 is 0 Å². The van der Waals surface area contributed by atoms with Gasteiger partial charge in [-0.25, -0.2) is 0 Å². The van der Waals surface area contributed by atoms with E-state index in [1.807, 2.05) is 0 Å². The molecule has 0 aliphatic rings. The number of para-hydroxylation sites is 2. The lowest BCUT2D eigenvalue weighted by molar-refractivity contribution is 0.898. The van der Waals surface area contributed by atoms with Crippen LogP contribution in [0.2, 0.25) is 0 Å². The average Bonchev–Trinajstić information content (AvgIpc) is 2.42. The van der Waals surface area contributed by atoms with Crippen LogP contribution in [0.5, 0.6) is 0 Å². The van der Waals surface area contributed by atoms with Gasteiger partial charge in [0, 0.05) is 23.2 Å². The molecule has 2 heteroatoms. The van der Waals surface area contributed by atoms with E-state index < -0.39 is 0 Å². The first-order valence-electron chi connectivity index (χ1n) is 5.85. The molecule has 0 aliphatic heterocycles. The number of hydrogen-bond acceptors (Lipinski definition) is 1. The van der Waals surface area contributed by atoms with E-state index in [0.717, 1.165) is 18.3 Å². The van der Waals surface area contributed by atoms with Crippen LogP contribution >= 0.6 is 15.9 Å². The van der Waals surface area contributed by atoms with E-state index in [2.05, 4.69) is 81.5 Å². The van der Waals surface area contributed by atoms with Crippen molar-refractivity contribution < 1.29 is 0 Å². The maximum absolute atomic E-state index is 3.50. The molecular formula is C15H16BrN. The van der Waals surface area contributed by atoms with Crippen molar-refractivity contribution in [2.75, 3.05) is 16.8 Å². The summed E-state index contributed by atoms with van der Waals surface area (Å²) in [6.45, 7) is 1.03. The number of benzene rings is 2. The van der Waals surface area contributed by atoms with Crippen molar-refractivity contribution in [3.63, 3.8) is 0 Å². The molecule has 0 heterocycles. The van der Waals surface area contributed by atoms with Gasteiger partial charge in [0.25, 0.3) is 0 Å². The summed E-state index contributed by atoms with van der Waals surface area (Å²) in [5, 5.41) is 1.03. The lowest BCUT2D eigenvalue weighted by Gasteiger charge is -2.24. The molecule has 0 saturated carbocycles. The highest BCUT2D eigenvalue weighted by Crippen LogP contribution is 2.24. The predicted octanol–water partition coefficient (Wildman–Crippen LogP) is 4.61. The fourth-order valence-electron chi connectivity index (χ4n) is 1.84. The molecule has 0 N–H and O–H groups in total. The van der Waals surface area contributed by atoms with Gasteiger partial charge in [0.2, 0.25) is 0 Å². The molecular weight excluding hydrogens is 274 g/mol. The normalized spacial score (nSPS) is 10.2. The quantitative estimate of drug-likeness (QED) is 0.727. The average molecular weight is 290 g/mol. The molecule has 0 bridgehead atoms. The summed E-state index contributed by atoms with van der Waals surface area (Å²) >= 11 is 3.50. The van der Waals surface area contributed by atoms with Gasteiger partial charge in [-0.3, -0.25) is 0 Å². The zero-order valence-electron chi connectivity index (χ0n) is 9.72. The lowest BCUT2D eigenvalue weighted by atomic mass is 10.2. The van der Waals surface area contributed by atoms with Gasteiger partial charge in [-0.15, -0.1) is 0 Å². The second-order valence-corrected chi connectivity index (χ2v) is 4.66. The van der Waals surface area contributed by atoms with Crippen molar-refractivity contribution in [2.24, 2.45) is 0 Å². The molecule has 0 atom stereocenters. The second-order valence-electron chi connectivity index (χ2n) is 3.87. The molecule has 0 saturated heterocycles. The van der Waals surface area contributed by atoms with Crippen LogP contribution in [0.3, 0.4) is 0 Å². The molecule has 0 amide bonds. The van der Waals surface area contributed by atoms with Gasteiger partial charge in [0.15, 0.2) is 0 Å². The van der Waals surface area contributed by atoms with E-state index in [4.69, 9.17) is 0 Å². The zero-order valence-corrected chi connectivity index (χ0v) is 11.3. The van der Waals surface area contributed by atoms with Gasteiger partial charge in [0.1, 0.15) is 0 Å². The maximum Gasteiger partial charge on any atom is 0.0410 e. The van der Waals surface area contributed by atoms with Crippen LogP contribution in [0, 0.1) is 0 Å². The van der Waals surface area contributed by atoms with Gasteiger partial charge in [-0.1, -0.05) is 52.3 Å². The number of alkyl halides is 1. The predicted molar refractivity (Wildman–Crippen MR) is 78.3 cm³/mol. The Morgan fingerprint density at radius 3 is 1.65 bits per heavy atom. The Morgan fingerprint density at radius 1 is 0.765 bits per heavy atom.